The number of carbonyl (C=O) groups is 1. The maximum absolute atomic E-state index is 13.0. The zero-order chi connectivity index (χ0) is 26.3. The van der Waals surface area contributed by atoms with Crippen molar-refractivity contribution in [2.75, 3.05) is 32.6 Å². The van der Waals surface area contributed by atoms with Crippen LogP contribution in [0.2, 0.25) is 0 Å². The van der Waals surface area contributed by atoms with Crippen LogP contribution in [0.3, 0.4) is 0 Å². The van der Waals surface area contributed by atoms with Crippen molar-refractivity contribution >= 4 is 22.9 Å². The predicted molar refractivity (Wildman–Crippen MR) is 142 cm³/mol. The number of anilines is 1. The Kier molecular flexibility index (Phi) is 9.22. The highest BCUT2D eigenvalue weighted by Gasteiger charge is 2.22. The minimum atomic E-state index is -0.443. The summed E-state index contributed by atoms with van der Waals surface area (Å²) >= 11 is 1.25. The Hall–Kier alpha value is -3.24. The first-order chi connectivity index (χ1) is 17.2. The van der Waals surface area contributed by atoms with E-state index < -0.39 is 5.91 Å². The maximum atomic E-state index is 13.0. The van der Waals surface area contributed by atoms with E-state index in [2.05, 4.69) is 59.3 Å². The molecule has 0 saturated carbocycles. The van der Waals surface area contributed by atoms with Gasteiger partial charge in [-0.1, -0.05) is 51.2 Å². The molecule has 2 N–H and O–H groups in total. The highest BCUT2D eigenvalue weighted by Crippen LogP contribution is 2.34. The summed E-state index contributed by atoms with van der Waals surface area (Å²) in [5.41, 5.74) is 2.59. The standard InChI is InChI=1S/C26H35N5O4S/c1-8-27-13-9-10-20-29-23(33-6)21(24(30-20)34-7)31-22(32)18-15-36-25(28-18)35-19-14-17(26(3,4)5)12-11-16(19)2/h11-12,14-15,27H,8-10,13H2,1-7H3,(H,31,32). The zero-order valence-corrected chi connectivity index (χ0v) is 22.8. The van der Waals surface area contributed by atoms with Crippen LogP contribution in [0.15, 0.2) is 23.6 Å². The molecule has 0 fully saturated rings. The van der Waals surface area contributed by atoms with Gasteiger partial charge in [0.2, 0.25) is 11.8 Å². The molecule has 1 aromatic carbocycles. The Bertz CT molecular complexity index is 1160. The number of aryl methyl sites for hydroxylation is 2. The molecule has 1 amide bonds. The lowest BCUT2D eigenvalue weighted by Gasteiger charge is -2.20. The molecule has 0 unspecified atom stereocenters. The molecule has 0 atom stereocenters. The summed E-state index contributed by atoms with van der Waals surface area (Å²) in [5.74, 6) is 1.31. The topological polar surface area (TPSA) is 107 Å². The number of hydrogen-bond acceptors (Lipinski definition) is 9. The van der Waals surface area contributed by atoms with Gasteiger partial charge in [-0.2, -0.15) is 15.0 Å². The second kappa shape index (κ2) is 12.1. The van der Waals surface area contributed by atoms with Crippen molar-refractivity contribution in [3.8, 4) is 22.7 Å². The Balaban J connectivity index is 1.76. The second-order valence-electron chi connectivity index (χ2n) is 9.28. The molecule has 2 aromatic heterocycles. The number of nitrogens with zero attached hydrogens (tertiary/aromatic N) is 3. The van der Waals surface area contributed by atoms with Gasteiger partial charge in [-0.15, -0.1) is 0 Å². The molecule has 3 aromatic rings. The summed E-state index contributed by atoms with van der Waals surface area (Å²) in [4.78, 5) is 26.3. The van der Waals surface area contributed by atoms with Gasteiger partial charge in [-0.25, -0.2) is 0 Å². The molecule has 0 aliphatic rings. The molecule has 0 bridgehead atoms. The Labute approximate surface area is 216 Å². The summed E-state index contributed by atoms with van der Waals surface area (Å²) in [7, 11) is 2.98. The van der Waals surface area contributed by atoms with Crippen LogP contribution in [0.4, 0.5) is 5.69 Å². The first-order valence-electron chi connectivity index (χ1n) is 11.9. The first-order valence-corrected chi connectivity index (χ1v) is 12.8. The number of benzene rings is 1. The van der Waals surface area contributed by atoms with Gasteiger partial charge in [-0.05, 0) is 49.0 Å². The van der Waals surface area contributed by atoms with Crippen molar-refractivity contribution in [2.24, 2.45) is 0 Å². The van der Waals surface area contributed by atoms with Gasteiger partial charge in [0, 0.05) is 11.8 Å². The fraction of sp³-hybridized carbons (Fsp3) is 0.462. The lowest BCUT2D eigenvalue weighted by atomic mass is 9.86. The molecular formula is C26H35N5O4S. The van der Waals surface area contributed by atoms with Crippen LogP contribution in [0.5, 0.6) is 22.7 Å². The smallest absolute Gasteiger partial charge is 0.279 e. The van der Waals surface area contributed by atoms with Gasteiger partial charge in [0.05, 0.1) is 14.2 Å². The number of hydrogen-bond donors (Lipinski definition) is 2. The average Bonchev–Trinajstić information content (AvgIpc) is 3.31. The highest BCUT2D eigenvalue weighted by atomic mass is 32.1. The number of amides is 1. The Morgan fingerprint density at radius 3 is 2.39 bits per heavy atom. The fourth-order valence-corrected chi connectivity index (χ4v) is 4.04. The summed E-state index contributed by atoms with van der Waals surface area (Å²) in [5, 5.41) is 8.07. The summed E-state index contributed by atoms with van der Waals surface area (Å²) in [6, 6.07) is 6.14. The monoisotopic (exact) mass is 513 g/mol. The minimum absolute atomic E-state index is 0.0120. The zero-order valence-electron chi connectivity index (χ0n) is 22.0. The van der Waals surface area contributed by atoms with Crippen LogP contribution in [-0.2, 0) is 11.8 Å². The second-order valence-corrected chi connectivity index (χ2v) is 10.1. The summed E-state index contributed by atoms with van der Waals surface area (Å²) in [6.45, 7) is 12.2. The quantitative estimate of drug-likeness (QED) is 0.339. The fourth-order valence-electron chi connectivity index (χ4n) is 3.38. The average molecular weight is 514 g/mol. The predicted octanol–water partition coefficient (Wildman–Crippen LogP) is 5.14. The number of nitrogens with one attached hydrogen (secondary N) is 2. The van der Waals surface area contributed by atoms with Gasteiger partial charge in [0.25, 0.3) is 11.1 Å². The van der Waals surface area contributed by atoms with Crippen molar-refractivity contribution in [3.63, 3.8) is 0 Å². The maximum Gasteiger partial charge on any atom is 0.279 e. The van der Waals surface area contributed by atoms with Gasteiger partial charge < -0.3 is 24.8 Å². The Morgan fingerprint density at radius 1 is 1.08 bits per heavy atom. The van der Waals surface area contributed by atoms with E-state index >= 15 is 0 Å². The normalized spacial score (nSPS) is 11.3. The van der Waals surface area contributed by atoms with Crippen LogP contribution in [-0.4, -0.2) is 48.2 Å². The summed E-state index contributed by atoms with van der Waals surface area (Å²) in [6.07, 6.45) is 1.52. The third-order valence-corrected chi connectivity index (χ3v) is 6.20. The molecule has 194 valence electrons. The molecule has 0 spiro atoms. The van der Waals surface area contributed by atoms with E-state index in [1.54, 1.807) is 5.38 Å². The van der Waals surface area contributed by atoms with Crippen LogP contribution in [0.1, 0.15) is 61.6 Å². The van der Waals surface area contributed by atoms with Gasteiger partial charge in [0.15, 0.2) is 5.69 Å². The lowest BCUT2D eigenvalue weighted by molar-refractivity contribution is 0.102. The van der Waals surface area contributed by atoms with E-state index in [4.69, 9.17) is 14.2 Å². The molecule has 36 heavy (non-hydrogen) atoms. The van der Waals surface area contributed by atoms with Crippen molar-refractivity contribution in [3.05, 3.63) is 46.2 Å². The first kappa shape index (κ1) is 27.3. The SMILES string of the molecule is CCNCCCc1nc(OC)c(NC(=O)c2csc(Oc3cc(C(C)(C)C)ccc3C)n2)c(OC)n1. The van der Waals surface area contributed by atoms with Crippen molar-refractivity contribution < 1.29 is 19.0 Å². The van der Waals surface area contributed by atoms with E-state index in [9.17, 15) is 4.79 Å². The largest absolute Gasteiger partial charge is 0.479 e. The lowest BCUT2D eigenvalue weighted by Crippen LogP contribution is -2.17. The van der Waals surface area contributed by atoms with Gasteiger partial charge in [0.1, 0.15) is 17.3 Å². The van der Waals surface area contributed by atoms with Crippen LogP contribution < -0.4 is 24.8 Å². The number of thiazole rings is 1. The van der Waals surface area contributed by atoms with E-state index in [0.29, 0.717) is 23.2 Å². The highest BCUT2D eigenvalue weighted by molar-refractivity contribution is 7.11. The van der Waals surface area contributed by atoms with Crippen molar-refractivity contribution in [1.82, 2.24) is 20.3 Å². The molecule has 3 rings (SSSR count). The summed E-state index contributed by atoms with van der Waals surface area (Å²) < 4.78 is 16.9. The molecule has 9 nitrogen and oxygen atoms in total. The number of aromatic nitrogens is 3. The van der Waals surface area contributed by atoms with Gasteiger partial charge in [-0.3, -0.25) is 4.79 Å². The third-order valence-electron chi connectivity index (χ3n) is 5.49. The number of ether oxygens (including phenoxy) is 3. The Morgan fingerprint density at radius 2 is 1.78 bits per heavy atom. The molecular weight excluding hydrogens is 478 g/mol. The molecule has 2 heterocycles. The number of rotatable bonds is 11. The van der Waals surface area contributed by atoms with E-state index in [1.165, 1.54) is 25.6 Å². The van der Waals surface area contributed by atoms with Crippen molar-refractivity contribution in [1.29, 1.82) is 0 Å². The molecule has 0 saturated heterocycles. The molecule has 0 aliphatic heterocycles. The molecule has 10 heteroatoms. The van der Waals surface area contributed by atoms with Gasteiger partial charge >= 0.3 is 0 Å². The van der Waals surface area contributed by atoms with Crippen LogP contribution >= 0.6 is 11.3 Å². The number of methoxy groups -OCH3 is 2. The van der Waals surface area contributed by atoms with E-state index in [1.807, 2.05) is 19.1 Å². The van der Waals surface area contributed by atoms with E-state index in [0.717, 1.165) is 30.6 Å². The molecule has 0 aliphatic carbocycles. The van der Waals surface area contributed by atoms with Crippen LogP contribution in [0, 0.1) is 6.92 Å². The minimum Gasteiger partial charge on any atom is -0.479 e. The number of carbonyl (C=O) groups excluding carboxylic acids is 1. The van der Waals surface area contributed by atoms with Crippen LogP contribution in [0.25, 0.3) is 0 Å². The van der Waals surface area contributed by atoms with Crippen molar-refractivity contribution in [2.45, 2.75) is 52.9 Å². The third kappa shape index (κ3) is 6.92. The van der Waals surface area contributed by atoms with E-state index in [-0.39, 0.29) is 28.6 Å². The molecule has 0 radical (unpaired) electrons.